The van der Waals surface area contributed by atoms with Gasteiger partial charge in [-0.25, -0.2) is 4.79 Å². The van der Waals surface area contributed by atoms with Crippen molar-refractivity contribution in [3.8, 4) is 5.75 Å². The van der Waals surface area contributed by atoms with Crippen LogP contribution < -0.4 is 9.64 Å². The molecular formula is C29H37N3O5. The number of carboxylic acid groups (broad SMARTS) is 1. The number of methoxy groups -OCH3 is 1. The maximum Gasteiger partial charge on any atom is 0.327 e. The highest BCUT2D eigenvalue weighted by atomic mass is 16.5. The van der Waals surface area contributed by atoms with Gasteiger partial charge >= 0.3 is 12.0 Å². The number of urea groups is 1. The summed E-state index contributed by atoms with van der Waals surface area (Å²) in [5, 5.41) is 9.15. The topological polar surface area (TPSA) is 90.4 Å². The second-order valence-corrected chi connectivity index (χ2v) is 10.4. The predicted octanol–water partition coefficient (Wildman–Crippen LogP) is 4.21. The van der Waals surface area contributed by atoms with Crippen molar-refractivity contribution in [3.63, 3.8) is 0 Å². The Morgan fingerprint density at radius 3 is 2.35 bits per heavy atom. The number of benzene rings is 2. The van der Waals surface area contributed by atoms with Crippen molar-refractivity contribution in [2.75, 3.05) is 38.2 Å². The van der Waals surface area contributed by atoms with Gasteiger partial charge in [-0.05, 0) is 67.0 Å². The van der Waals surface area contributed by atoms with Gasteiger partial charge in [0.05, 0.1) is 13.5 Å². The van der Waals surface area contributed by atoms with E-state index in [0.717, 1.165) is 29.0 Å². The first-order chi connectivity index (χ1) is 17.7. The Morgan fingerprint density at radius 2 is 1.73 bits per heavy atom. The van der Waals surface area contributed by atoms with E-state index in [0.29, 0.717) is 51.4 Å². The predicted molar refractivity (Wildman–Crippen MR) is 142 cm³/mol. The van der Waals surface area contributed by atoms with E-state index in [1.54, 1.807) is 7.11 Å². The summed E-state index contributed by atoms with van der Waals surface area (Å²) in [7, 11) is 1.63. The lowest BCUT2D eigenvalue weighted by Crippen LogP contribution is -2.57. The number of hydrogen-bond donors (Lipinski definition) is 1. The highest BCUT2D eigenvalue weighted by Crippen LogP contribution is 2.39. The lowest BCUT2D eigenvalue weighted by molar-refractivity contribution is -0.136. The molecule has 2 aromatic carbocycles. The first-order valence-electron chi connectivity index (χ1n) is 13.1. The summed E-state index contributed by atoms with van der Waals surface area (Å²) in [5.74, 6) is 0.239. The van der Waals surface area contributed by atoms with Gasteiger partial charge in [0.1, 0.15) is 11.3 Å². The molecule has 0 aromatic heterocycles. The smallest absolute Gasteiger partial charge is 0.327 e. The molecule has 2 aromatic rings. The minimum Gasteiger partial charge on any atom is -0.497 e. The van der Waals surface area contributed by atoms with E-state index < -0.39 is 11.5 Å². The number of carboxylic acids is 1. The van der Waals surface area contributed by atoms with Gasteiger partial charge in [-0.2, -0.15) is 0 Å². The van der Waals surface area contributed by atoms with Crippen molar-refractivity contribution in [2.45, 2.75) is 51.5 Å². The number of imide groups is 1. The Balaban J connectivity index is 1.52. The SMILES string of the molecule is COc1ccc(CCN2C(=O)N(CCC(C)C)C(=O)C23CCN(c2cccc(CC(=O)O)c2)CC3)cc1. The van der Waals surface area contributed by atoms with E-state index in [2.05, 4.69) is 18.7 Å². The molecule has 1 spiro atoms. The van der Waals surface area contributed by atoms with Gasteiger partial charge in [0, 0.05) is 31.9 Å². The largest absolute Gasteiger partial charge is 0.497 e. The Kier molecular flexibility index (Phi) is 8.05. The van der Waals surface area contributed by atoms with Crippen LogP contribution in [0.2, 0.25) is 0 Å². The third-order valence-electron chi connectivity index (χ3n) is 7.56. The molecule has 2 aliphatic rings. The second kappa shape index (κ2) is 11.2. The summed E-state index contributed by atoms with van der Waals surface area (Å²) in [6.45, 7) is 6.35. The summed E-state index contributed by atoms with van der Waals surface area (Å²) in [6, 6.07) is 15.2. The van der Waals surface area contributed by atoms with E-state index in [1.807, 2.05) is 53.4 Å². The van der Waals surface area contributed by atoms with Crippen LogP contribution in [0.5, 0.6) is 5.75 Å². The number of aliphatic carboxylic acids is 1. The molecule has 2 aliphatic heterocycles. The molecule has 0 radical (unpaired) electrons. The molecule has 2 saturated heterocycles. The first-order valence-corrected chi connectivity index (χ1v) is 13.1. The Morgan fingerprint density at radius 1 is 1.03 bits per heavy atom. The lowest BCUT2D eigenvalue weighted by atomic mass is 9.85. The average Bonchev–Trinajstić information content (AvgIpc) is 3.07. The van der Waals surface area contributed by atoms with E-state index in [9.17, 15) is 14.4 Å². The van der Waals surface area contributed by atoms with Crippen molar-refractivity contribution in [1.82, 2.24) is 9.80 Å². The summed E-state index contributed by atoms with van der Waals surface area (Å²) in [4.78, 5) is 44.0. The van der Waals surface area contributed by atoms with E-state index >= 15 is 0 Å². The van der Waals surface area contributed by atoms with Crippen molar-refractivity contribution in [1.29, 1.82) is 0 Å². The molecule has 2 heterocycles. The molecule has 0 unspecified atom stereocenters. The van der Waals surface area contributed by atoms with Crippen molar-refractivity contribution >= 4 is 23.6 Å². The number of carbonyl (C=O) groups excluding carboxylic acids is 2. The number of anilines is 1. The second-order valence-electron chi connectivity index (χ2n) is 10.4. The lowest BCUT2D eigenvalue weighted by Gasteiger charge is -2.43. The number of nitrogens with zero attached hydrogens (tertiary/aromatic N) is 3. The maximum absolute atomic E-state index is 13.8. The van der Waals surface area contributed by atoms with Crippen molar-refractivity contribution in [2.24, 2.45) is 5.92 Å². The minimum atomic E-state index is -0.862. The molecule has 0 bridgehead atoms. The van der Waals surface area contributed by atoms with Crippen molar-refractivity contribution in [3.05, 3.63) is 59.7 Å². The molecule has 37 heavy (non-hydrogen) atoms. The third-order valence-corrected chi connectivity index (χ3v) is 7.56. The molecule has 0 aliphatic carbocycles. The molecule has 0 saturated carbocycles. The standard InChI is InChI=1S/C29H37N3O5/c1-21(2)11-15-31-27(35)29(32(28(31)36)16-12-22-7-9-25(37-3)10-8-22)13-17-30(18-14-29)24-6-4-5-23(19-24)20-26(33)34/h4-10,19,21H,11-18,20H2,1-3H3,(H,33,34). The first kappa shape index (κ1) is 26.5. The van der Waals surface area contributed by atoms with Gasteiger partial charge in [-0.3, -0.25) is 14.5 Å². The summed E-state index contributed by atoms with van der Waals surface area (Å²) in [5.41, 5.74) is 1.95. The monoisotopic (exact) mass is 507 g/mol. The molecule has 8 heteroatoms. The summed E-state index contributed by atoms with van der Waals surface area (Å²) >= 11 is 0. The van der Waals surface area contributed by atoms with Gasteiger partial charge in [-0.1, -0.05) is 38.1 Å². The van der Waals surface area contributed by atoms with Gasteiger partial charge in [0.2, 0.25) is 0 Å². The fourth-order valence-electron chi connectivity index (χ4n) is 5.37. The zero-order valence-corrected chi connectivity index (χ0v) is 22.0. The zero-order chi connectivity index (χ0) is 26.6. The van der Waals surface area contributed by atoms with Gasteiger partial charge in [-0.15, -0.1) is 0 Å². The van der Waals surface area contributed by atoms with Crippen LogP contribution >= 0.6 is 0 Å². The van der Waals surface area contributed by atoms with Crippen LogP contribution in [-0.4, -0.2) is 71.6 Å². The highest BCUT2D eigenvalue weighted by molar-refractivity contribution is 6.07. The van der Waals surface area contributed by atoms with Crippen LogP contribution in [0.4, 0.5) is 10.5 Å². The van der Waals surface area contributed by atoms with Gasteiger partial charge < -0.3 is 19.6 Å². The molecule has 3 amide bonds. The van der Waals surface area contributed by atoms with E-state index in [4.69, 9.17) is 9.84 Å². The number of ether oxygens (including phenoxy) is 1. The van der Waals surface area contributed by atoms with Crippen LogP contribution in [0.3, 0.4) is 0 Å². The normalized spacial score (nSPS) is 17.2. The molecule has 0 atom stereocenters. The number of rotatable bonds is 10. The zero-order valence-electron chi connectivity index (χ0n) is 22.0. The summed E-state index contributed by atoms with van der Waals surface area (Å²) < 4.78 is 5.25. The fourth-order valence-corrected chi connectivity index (χ4v) is 5.37. The molecular weight excluding hydrogens is 470 g/mol. The molecule has 198 valence electrons. The van der Waals surface area contributed by atoms with Crippen LogP contribution in [0, 0.1) is 5.92 Å². The third kappa shape index (κ3) is 5.73. The fraction of sp³-hybridized carbons (Fsp3) is 0.483. The van der Waals surface area contributed by atoms with Gasteiger partial charge in [0.15, 0.2) is 0 Å². The molecule has 2 fully saturated rings. The van der Waals surface area contributed by atoms with E-state index in [-0.39, 0.29) is 18.4 Å². The quantitative estimate of drug-likeness (QED) is 0.485. The summed E-state index contributed by atoms with van der Waals surface area (Å²) in [6.07, 6.45) is 2.50. The highest BCUT2D eigenvalue weighted by Gasteiger charge is 2.57. The number of amides is 3. The molecule has 4 rings (SSSR count). The Bertz CT molecular complexity index is 1120. The van der Waals surface area contributed by atoms with Crippen LogP contribution in [0.15, 0.2) is 48.5 Å². The number of carbonyl (C=O) groups is 3. The molecule has 1 N–H and O–H groups in total. The van der Waals surface area contributed by atoms with Crippen molar-refractivity contribution < 1.29 is 24.2 Å². The Labute approximate surface area is 218 Å². The Hall–Kier alpha value is -3.55. The van der Waals surface area contributed by atoms with Crippen LogP contribution in [-0.2, 0) is 22.4 Å². The van der Waals surface area contributed by atoms with Crippen LogP contribution in [0.25, 0.3) is 0 Å². The number of piperidine rings is 1. The van der Waals surface area contributed by atoms with Gasteiger partial charge in [0.25, 0.3) is 5.91 Å². The average molecular weight is 508 g/mol. The van der Waals surface area contributed by atoms with Crippen LogP contribution in [0.1, 0.15) is 44.2 Å². The minimum absolute atomic E-state index is 0.0252. The molecule has 8 nitrogen and oxygen atoms in total. The maximum atomic E-state index is 13.8. The van der Waals surface area contributed by atoms with E-state index in [1.165, 1.54) is 4.90 Å². The number of hydrogen-bond acceptors (Lipinski definition) is 5.